The monoisotopic (exact) mass is 342 g/mol. The zero-order chi connectivity index (χ0) is 18.0. The van der Waals surface area contributed by atoms with E-state index in [0.29, 0.717) is 13.0 Å². The highest BCUT2D eigenvalue weighted by Crippen LogP contribution is 2.30. The molecule has 1 amide bonds. The number of aromatic nitrogens is 2. The maximum absolute atomic E-state index is 13.1. The summed E-state index contributed by atoms with van der Waals surface area (Å²) in [6, 6.07) is 7.91. The summed E-state index contributed by atoms with van der Waals surface area (Å²) in [5.74, 6) is 0.958. The summed E-state index contributed by atoms with van der Waals surface area (Å²) in [6.45, 7) is 6.21. The van der Waals surface area contributed by atoms with Gasteiger partial charge in [0.2, 0.25) is 5.91 Å². The lowest BCUT2D eigenvalue weighted by atomic mass is 10.0. The lowest BCUT2D eigenvalue weighted by Crippen LogP contribution is -2.49. The summed E-state index contributed by atoms with van der Waals surface area (Å²) in [5, 5.41) is 7.82. The highest BCUT2D eigenvalue weighted by Gasteiger charge is 2.30. The Morgan fingerprint density at radius 3 is 2.80 bits per heavy atom. The molecule has 0 saturated carbocycles. The first-order valence-electron chi connectivity index (χ1n) is 8.65. The van der Waals surface area contributed by atoms with Crippen LogP contribution in [-0.2, 0) is 18.3 Å². The zero-order valence-corrected chi connectivity index (χ0v) is 15.4. The molecule has 1 saturated heterocycles. The molecule has 0 aliphatic carbocycles. The maximum atomic E-state index is 13.1. The van der Waals surface area contributed by atoms with Gasteiger partial charge < -0.3 is 15.0 Å². The van der Waals surface area contributed by atoms with E-state index in [0.717, 1.165) is 41.4 Å². The van der Waals surface area contributed by atoms with Crippen LogP contribution in [0.2, 0.25) is 0 Å². The summed E-state index contributed by atoms with van der Waals surface area (Å²) in [5.41, 5.74) is 4.06. The minimum Gasteiger partial charge on any atom is -0.496 e. The summed E-state index contributed by atoms with van der Waals surface area (Å²) in [6.07, 6.45) is 0.386. The van der Waals surface area contributed by atoms with E-state index in [2.05, 4.69) is 10.4 Å². The quantitative estimate of drug-likeness (QED) is 0.920. The number of ether oxygens (including phenoxy) is 1. The molecule has 6 nitrogen and oxygen atoms in total. The van der Waals surface area contributed by atoms with Crippen molar-refractivity contribution in [2.75, 3.05) is 26.7 Å². The van der Waals surface area contributed by atoms with Crippen LogP contribution in [0.5, 0.6) is 5.75 Å². The molecule has 0 bridgehead atoms. The number of benzene rings is 1. The Balaban J connectivity index is 1.86. The molecule has 6 heteroatoms. The van der Waals surface area contributed by atoms with E-state index in [1.54, 1.807) is 7.11 Å². The third-order valence-corrected chi connectivity index (χ3v) is 5.05. The number of rotatable bonds is 4. The molecule has 1 aromatic carbocycles. The average molecular weight is 342 g/mol. The van der Waals surface area contributed by atoms with E-state index in [9.17, 15) is 4.79 Å². The van der Waals surface area contributed by atoms with Gasteiger partial charge in [-0.2, -0.15) is 5.10 Å². The van der Waals surface area contributed by atoms with Gasteiger partial charge in [0, 0.05) is 43.5 Å². The van der Waals surface area contributed by atoms with Gasteiger partial charge in [-0.15, -0.1) is 0 Å². The standard InChI is InChI=1S/C19H26N4O2/c1-13-16(14(2)22(3)21-13)11-19(24)23-10-9-20-12-17(23)15-7-5-6-8-18(15)25-4/h5-8,17,20H,9-12H2,1-4H3. The molecule has 3 rings (SSSR count). The van der Waals surface area contributed by atoms with Gasteiger partial charge >= 0.3 is 0 Å². The normalized spacial score (nSPS) is 17.6. The van der Waals surface area contributed by atoms with Crippen LogP contribution in [0.3, 0.4) is 0 Å². The maximum Gasteiger partial charge on any atom is 0.227 e. The van der Waals surface area contributed by atoms with Crippen molar-refractivity contribution >= 4 is 5.91 Å². The van der Waals surface area contributed by atoms with Gasteiger partial charge in [-0.3, -0.25) is 9.48 Å². The highest BCUT2D eigenvalue weighted by atomic mass is 16.5. The number of carbonyl (C=O) groups is 1. The topological polar surface area (TPSA) is 59.4 Å². The molecule has 1 atom stereocenters. The molecule has 0 radical (unpaired) electrons. The van der Waals surface area contributed by atoms with Crippen molar-refractivity contribution < 1.29 is 9.53 Å². The molecule has 1 unspecified atom stereocenters. The Bertz CT molecular complexity index is 769. The molecular weight excluding hydrogens is 316 g/mol. The van der Waals surface area contributed by atoms with Crippen molar-refractivity contribution in [2.24, 2.45) is 7.05 Å². The van der Waals surface area contributed by atoms with Crippen molar-refractivity contribution in [1.82, 2.24) is 20.0 Å². The Morgan fingerprint density at radius 1 is 1.36 bits per heavy atom. The summed E-state index contributed by atoms with van der Waals surface area (Å²) in [7, 11) is 3.59. The van der Waals surface area contributed by atoms with Crippen LogP contribution in [0.1, 0.15) is 28.6 Å². The average Bonchev–Trinajstić information content (AvgIpc) is 2.87. The fourth-order valence-corrected chi connectivity index (χ4v) is 3.55. The van der Waals surface area contributed by atoms with Gasteiger partial charge in [0.25, 0.3) is 0 Å². The first-order chi connectivity index (χ1) is 12.0. The number of nitrogens with zero attached hydrogens (tertiary/aromatic N) is 3. The van der Waals surface area contributed by atoms with Crippen LogP contribution in [-0.4, -0.2) is 47.3 Å². The number of nitrogens with one attached hydrogen (secondary N) is 1. The Morgan fingerprint density at radius 2 is 2.12 bits per heavy atom. The van der Waals surface area contributed by atoms with Crippen LogP contribution in [0.15, 0.2) is 24.3 Å². The van der Waals surface area contributed by atoms with Crippen molar-refractivity contribution in [2.45, 2.75) is 26.3 Å². The van der Waals surface area contributed by atoms with E-state index in [4.69, 9.17) is 4.74 Å². The second-order valence-electron chi connectivity index (χ2n) is 6.50. The van der Waals surface area contributed by atoms with Gasteiger partial charge in [0.05, 0.1) is 25.3 Å². The van der Waals surface area contributed by atoms with Crippen LogP contribution < -0.4 is 10.1 Å². The van der Waals surface area contributed by atoms with E-state index in [-0.39, 0.29) is 11.9 Å². The Kier molecular flexibility index (Phi) is 5.08. The van der Waals surface area contributed by atoms with Crippen molar-refractivity contribution in [1.29, 1.82) is 0 Å². The molecule has 1 fully saturated rings. The molecule has 1 aliphatic heterocycles. The molecular formula is C19H26N4O2. The van der Waals surface area contributed by atoms with Crippen molar-refractivity contribution in [3.63, 3.8) is 0 Å². The first-order valence-corrected chi connectivity index (χ1v) is 8.65. The SMILES string of the molecule is COc1ccccc1C1CNCCN1C(=O)Cc1c(C)nn(C)c1C. The van der Waals surface area contributed by atoms with Crippen LogP contribution in [0, 0.1) is 13.8 Å². The molecule has 2 heterocycles. The minimum atomic E-state index is -0.0188. The molecule has 2 aromatic rings. The number of para-hydroxylation sites is 1. The van der Waals surface area contributed by atoms with Gasteiger partial charge in [-0.05, 0) is 19.9 Å². The van der Waals surface area contributed by atoms with E-state index in [1.807, 2.05) is 54.7 Å². The molecule has 25 heavy (non-hydrogen) atoms. The van der Waals surface area contributed by atoms with Crippen molar-refractivity contribution in [3.8, 4) is 5.75 Å². The number of piperazine rings is 1. The smallest absolute Gasteiger partial charge is 0.227 e. The Hall–Kier alpha value is -2.34. The van der Waals surface area contributed by atoms with Crippen molar-refractivity contribution in [3.05, 3.63) is 46.8 Å². The molecule has 1 aliphatic rings. The molecule has 134 valence electrons. The predicted molar refractivity (Wildman–Crippen MR) is 96.7 cm³/mol. The van der Waals surface area contributed by atoms with Gasteiger partial charge in [0.15, 0.2) is 0 Å². The number of hydrogen-bond acceptors (Lipinski definition) is 4. The van der Waals surface area contributed by atoms with Gasteiger partial charge in [-0.1, -0.05) is 18.2 Å². The largest absolute Gasteiger partial charge is 0.496 e. The number of aryl methyl sites for hydroxylation is 2. The van der Waals surface area contributed by atoms with E-state index < -0.39 is 0 Å². The molecule has 0 spiro atoms. The number of methoxy groups -OCH3 is 1. The molecule has 1 aromatic heterocycles. The summed E-state index contributed by atoms with van der Waals surface area (Å²) in [4.78, 5) is 15.1. The molecule has 1 N–H and O–H groups in total. The second kappa shape index (κ2) is 7.27. The fraction of sp³-hybridized carbons (Fsp3) is 0.474. The Labute approximate surface area is 148 Å². The predicted octanol–water partition coefficient (Wildman–Crippen LogP) is 1.76. The van der Waals surface area contributed by atoms with Crippen LogP contribution in [0.4, 0.5) is 0 Å². The van der Waals surface area contributed by atoms with E-state index >= 15 is 0 Å². The van der Waals surface area contributed by atoms with E-state index in [1.165, 1.54) is 0 Å². The van der Waals surface area contributed by atoms with Gasteiger partial charge in [0.1, 0.15) is 5.75 Å². The highest BCUT2D eigenvalue weighted by molar-refractivity contribution is 5.80. The third kappa shape index (κ3) is 3.39. The van der Waals surface area contributed by atoms with Gasteiger partial charge in [-0.25, -0.2) is 0 Å². The fourth-order valence-electron chi connectivity index (χ4n) is 3.55. The minimum absolute atomic E-state index is 0.0188. The number of carbonyl (C=O) groups excluding carboxylic acids is 1. The number of hydrogen-bond donors (Lipinski definition) is 1. The van der Waals surface area contributed by atoms with Crippen LogP contribution in [0.25, 0.3) is 0 Å². The lowest BCUT2D eigenvalue weighted by molar-refractivity contribution is -0.133. The zero-order valence-electron chi connectivity index (χ0n) is 15.4. The first kappa shape index (κ1) is 17.5. The summed E-state index contributed by atoms with van der Waals surface area (Å²) >= 11 is 0. The summed E-state index contributed by atoms with van der Waals surface area (Å²) < 4.78 is 7.35. The number of amides is 1. The second-order valence-corrected chi connectivity index (χ2v) is 6.50. The third-order valence-electron chi connectivity index (χ3n) is 5.05. The lowest BCUT2D eigenvalue weighted by Gasteiger charge is -2.37. The van der Waals surface area contributed by atoms with Crippen LogP contribution >= 0.6 is 0 Å².